The summed E-state index contributed by atoms with van der Waals surface area (Å²) in [6, 6.07) is 35.2. The van der Waals surface area contributed by atoms with Crippen molar-refractivity contribution in [1.82, 2.24) is 15.2 Å². The molecule has 3 heterocycles. The lowest BCUT2D eigenvalue weighted by atomic mass is 9.84. The first-order valence-corrected chi connectivity index (χ1v) is 17.8. The number of ether oxygens (including phenoxy) is 2. The van der Waals surface area contributed by atoms with E-state index in [0.717, 1.165) is 58.6 Å². The molecule has 4 aromatic carbocycles. The first-order valence-electron chi connectivity index (χ1n) is 17.4. The summed E-state index contributed by atoms with van der Waals surface area (Å²) in [4.78, 5) is 19.1. The van der Waals surface area contributed by atoms with E-state index in [1.807, 2.05) is 78.9 Å². The Bertz CT molecular complexity index is 1900. The van der Waals surface area contributed by atoms with Crippen LogP contribution < -0.4 is 5.32 Å². The molecule has 0 bridgehead atoms. The van der Waals surface area contributed by atoms with Crippen LogP contribution in [0.25, 0.3) is 11.1 Å². The molecule has 5 aromatic rings. The minimum absolute atomic E-state index is 0.0101. The summed E-state index contributed by atoms with van der Waals surface area (Å²) in [6.45, 7) is 2.59. The van der Waals surface area contributed by atoms with Crippen LogP contribution in [0, 0.1) is 0 Å². The number of hydrogen-bond donors (Lipinski definition) is 3. The maximum atomic E-state index is 12.7. The Morgan fingerprint density at radius 3 is 2.31 bits per heavy atom. The van der Waals surface area contributed by atoms with Crippen LogP contribution in [0.5, 0.6) is 0 Å². The predicted molar refractivity (Wildman–Crippen MR) is 197 cm³/mol. The minimum atomic E-state index is -0.873. The zero-order valence-corrected chi connectivity index (χ0v) is 29.1. The molecule has 262 valence electrons. The van der Waals surface area contributed by atoms with E-state index in [9.17, 15) is 15.0 Å². The fourth-order valence-corrected chi connectivity index (χ4v) is 7.15. The highest BCUT2D eigenvalue weighted by molar-refractivity contribution is 6.30. The van der Waals surface area contributed by atoms with Gasteiger partial charge in [0.2, 0.25) is 0 Å². The average Bonchev–Trinajstić information content (AvgIpc) is 3.18. The number of nitrogens with one attached hydrogen (secondary N) is 1. The molecule has 51 heavy (non-hydrogen) atoms. The number of aliphatic hydroxyl groups excluding tert-OH is 1. The van der Waals surface area contributed by atoms with Crippen LogP contribution in [0.2, 0.25) is 5.02 Å². The molecular formula is C42H42ClN3O5. The highest BCUT2D eigenvalue weighted by Gasteiger charge is 2.37. The van der Waals surface area contributed by atoms with Gasteiger partial charge in [0.15, 0.2) is 6.29 Å². The van der Waals surface area contributed by atoms with Gasteiger partial charge in [-0.25, -0.2) is 0 Å². The van der Waals surface area contributed by atoms with Crippen LogP contribution in [-0.2, 0) is 28.2 Å². The molecule has 1 aromatic heterocycles. The second-order valence-corrected chi connectivity index (χ2v) is 13.8. The molecule has 2 aliphatic heterocycles. The van der Waals surface area contributed by atoms with Gasteiger partial charge in [-0.15, -0.1) is 0 Å². The summed E-state index contributed by atoms with van der Waals surface area (Å²) in [7, 11) is 0. The number of pyridine rings is 1. The molecule has 3 atom stereocenters. The van der Waals surface area contributed by atoms with E-state index in [1.54, 1.807) is 24.5 Å². The molecule has 3 N–H and O–H groups in total. The van der Waals surface area contributed by atoms with E-state index in [-0.39, 0.29) is 24.7 Å². The van der Waals surface area contributed by atoms with E-state index >= 15 is 0 Å². The number of benzene rings is 4. The monoisotopic (exact) mass is 703 g/mol. The van der Waals surface area contributed by atoms with Crippen LogP contribution in [-0.4, -0.2) is 51.7 Å². The summed E-state index contributed by atoms with van der Waals surface area (Å²) in [6.07, 6.45) is 4.27. The number of piperidine rings is 1. The summed E-state index contributed by atoms with van der Waals surface area (Å²) in [5, 5.41) is 24.7. The van der Waals surface area contributed by atoms with Gasteiger partial charge in [-0.3, -0.25) is 9.78 Å². The lowest BCUT2D eigenvalue weighted by Crippen LogP contribution is -2.46. The summed E-state index contributed by atoms with van der Waals surface area (Å²) >= 11 is 6.10. The second-order valence-electron chi connectivity index (χ2n) is 13.4. The number of rotatable bonds is 10. The number of amides is 1. The number of hydrogen-bond acceptors (Lipinski definition) is 7. The third kappa shape index (κ3) is 8.39. The predicted octanol–water partition coefficient (Wildman–Crippen LogP) is 7.35. The van der Waals surface area contributed by atoms with Crippen molar-refractivity contribution in [2.75, 3.05) is 19.6 Å². The number of aliphatic hydroxyl groups is 2. The van der Waals surface area contributed by atoms with Gasteiger partial charge >= 0.3 is 0 Å². The van der Waals surface area contributed by atoms with Gasteiger partial charge in [-0.1, -0.05) is 96.5 Å². The van der Waals surface area contributed by atoms with Crippen LogP contribution in [0.3, 0.4) is 0 Å². The minimum Gasteiger partial charge on any atom is -0.392 e. The molecule has 0 radical (unpaired) electrons. The van der Waals surface area contributed by atoms with Crippen molar-refractivity contribution in [2.45, 2.75) is 56.5 Å². The molecule has 1 amide bonds. The zero-order chi connectivity index (χ0) is 35.2. The Hall–Kier alpha value is -4.41. The lowest BCUT2D eigenvalue weighted by molar-refractivity contribution is -0.253. The summed E-state index contributed by atoms with van der Waals surface area (Å²) in [5.74, 6) is -0.170. The van der Waals surface area contributed by atoms with Crippen LogP contribution in [0.15, 0.2) is 122 Å². The number of aromatic nitrogens is 1. The van der Waals surface area contributed by atoms with Crippen molar-refractivity contribution >= 4 is 17.5 Å². The molecule has 9 heteroatoms. The molecule has 2 saturated heterocycles. The molecule has 7 rings (SSSR count). The summed E-state index contributed by atoms with van der Waals surface area (Å²) in [5.41, 5.74) is 6.42. The zero-order valence-electron chi connectivity index (χ0n) is 28.3. The van der Waals surface area contributed by atoms with Crippen molar-refractivity contribution < 1.29 is 24.5 Å². The molecular weight excluding hydrogens is 662 g/mol. The van der Waals surface area contributed by atoms with Gasteiger partial charge in [0.05, 0.1) is 30.0 Å². The van der Waals surface area contributed by atoms with Gasteiger partial charge in [0.25, 0.3) is 5.91 Å². The maximum absolute atomic E-state index is 12.7. The van der Waals surface area contributed by atoms with E-state index < -0.39 is 11.9 Å². The Morgan fingerprint density at radius 1 is 0.882 bits per heavy atom. The standard InChI is InChI=1S/C42H42ClN3O5/c43-36-17-15-35(16-18-36)42(49)19-22-46(23-20-42)27-37-24-39(31-9-7-29(28-47)8-10-31)51-41(50-37)32-13-11-30(12-14-32)38-6-2-1-4-33(38)26-45-40(48)34-5-3-21-44-25-34/h1-18,21,25,37,39,41,47,49H,19-20,22-24,26-28H2,(H,45,48)/t37-,39+,41+/m0/s1. The Kier molecular flexibility index (Phi) is 10.9. The van der Waals surface area contributed by atoms with Gasteiger partial charge in [-0.05, 0) is 70.5 Å². The van der Waals surface area contributed by atoms with Gasteiger partial charge in [-0.2, -0.15) is 0 Å². The van der Waals surface area contributed by atoms with Gasteiger partial charge in [0, 0.05) is 55.6 Å². The second kappa shape index (κ2) is 15.9. The molecule has 0 unspecified atom stereocenters. The number of likely N-dealkylation sites (tertiary alicyclic amines) is 1. The number of nitrogens with zero attached hydrogens (tertiary/aromatic N) is 2. The highest BCUT2D eigenvalue weighted by Crippen LogP contribution is 2.40. The highest BCUT2D eigenvalue weighted by atomic mass is 35.5. The average molecular weight is 704 g/mol. The third-order valence-electron chi connectivity index (χ3n) is 10.0. The van der Waals surface area contributed by atoms with Crippen molar-refractivity contribution in [3.05, 3.63) is 160 Å². The van der Waals surface area contributed by atoms with Gasteiger partial charge < -0.3 is 29.9 Å². The SMILES string of the molecule is O=C(NCc1ccccc1-c1ccc([C@@H]2O[C@H](CN3CCC(O)(c4ccc(Cl)cc4)CC3)C[C@H](c3ccc(CO)cc3)O2)cc1)c1cccnc1. The molecule has 2 fully saturated rings. The lowest BCUT2D eigenvalue weighted by Gasteiger charge is -2.42. The first-order chi connectivity index (χ1) is 24.9. The van der Waals surface area contributed by atoms with Crippen LogP contribution in [0.4, 0.5) is 0 Å². The van der Waals surface area contributed by atoms with Crippen LogP contribution >= 0.6 is 11.6 Å². The number of carbonyl (C=O) groups is 1. The van der Waals surface area contributed by atoms with E-state index in [0.29, 0.717) is 36.4 Å². The van der Waals surface area contributed by atoms with E-state index in [2.05, 4.69) is 33.4 Å². The Morgan fingerprint density at radius 2 is 1.61 bits per heavy atom. The fraction of sp³-hybridized carbons (Fsp3) is 0.286. The first kappa shape index (κ1) is 35.0. The molecule has 0 spiro atoms. The quantitative estimate of drug-likeness (QED) is 0.140. The number of carbonyl (C=O) groups excluding carboxylic acids is 1. The smallest absolute Gasteiger partial charge is 0.253 e. The van der Waals surface area contributed by atoms with Crippen LogP contribution in [0.1, 0.15) is 69.8 Å². The third-order valence-corrected chi connectivity index (χ3v) is 10.3. The van der Waals surface area contributed by atoms with E-state index in [1.165, 1.54) is 0 Å². The van der Waals surface area contributed by atoms with Gasteiger partial charge in [0.1, 0.15) is 0 Å². The Labute approximate surface area is 303 Å². The fourth-order valence-electron chi connectivity index (χ4n) is 7.03. The largest absolute Gasteiger partial charge is 0.392 e. The maximum Gasteiger partial charge on any atom is 0.253 e. The van der Waals surface area contributed by atoms with E-state index in [4.69, 9.17) is 21.1 Å². The Balaban J connectivity index is 1.06. The molecule has 8 nitrogen and oxygen atoms in total. The van der Waals surface area contributed by atoms with Crippen molar-refractivity contribution in [1.29, 1.82) is 0 Å². The molecule has 0 aliphatic carbocycles. The normalized spacial score (nSPS) is 20.5. The number of halogens is 1. The van der Waals surface area contributed by atoms with Crippen molar-refractivity contribution in [3.63, 3.8) is 0 Å². The van der Waals surface area contributed by atoms with Crippen molar-refractivity contribution in [2.24, 2.45) is 0 Å². The summed E-state index contributed by atoms with van der Waals surface area (Å²) < 4.78 is 13.3. The van der Waals surface area contributed by atoms with Crippen molar-refractivity contribution in [3.8, 4) is 11.1 Å². The molecule has 2 aliphatic rings. The topological polar surface area (TPSA) is 104 Å². The molecule has 0 saturated carbocycles.